The number of fused-ring (bicyclic) bond motifs is 1. The molecule has 0 amide bonds. The first kappa shape index (κ1) is 14.8. The van der Waals surface area contributed by atoms with Gasteiger partial charge in [0.1, 0.15) is 12.1 Å². The van der Waals surface area contributed by atoms with Crippen molar-refractivity contribution in [1.29, 1.82) is 10.5 Å². The minimum absolute atomic E-state index is 0.0508. The van der Waals surface area contributed by atoms with Crippen molar-refractivity contribution in [2.45, 2.75) is 33.7 Å². The number of pyridine rings is 1. The van der Waals surface area contributed by atoms with Gasteiger partial charge in [0.15, 0.2) is 0 Å². The summed E-state index contributed by atoms with van der Waals surface area (Å²) < 4.78 is 0. The van der Waals surface area contributed by atoms with Gasteiger partial charge in [-0.3, -0.25) is 4.98 Å². The van der Waals surface area contributed by atoms with Gasteiger partial charge in [-0.25, -0.2) is 0 Å². The van der Waals surface area contributed by atoms with E-state index in [9.17, 15) is 10.5 Å². The number of anilines is 1. The molecule has 106 valence electrons. The first-order chi connectivity index (χ1) is 9.88. The summed E-state index contributed by atoms with van der Waals surface area (Å²) in [5.74, 6) is 0. The molecule has 0 aliphatic carbocycles. The predicted molar refractivity (Wildman–Crippen MR) is 83.7 cm³/mol. The van der Waals surface area contributed by atoms with E-state index in [0.29, 0.717) is 16.6 Å². The molecule has 1 aromatic heterocycles. The van der Waals surface area contributed by atoms with Crippen LogP contribution in [-0.4, -0.2) is 11.0 Å². The molecule has 1 N–H and O–H groups in total. The molecule has 0 aliphatic rings. The summed E-state index contributed by atoms with van der Waals surface area (Å²) in [7, 11) is 0. The SMILES string of the molecule is CC(Nc1c(C#N)cnc2c(C#N)cccc12)C(C)(C)C. The maximum Gasteiger partial charge on any atom is 0.103 e. The molecule has 0 saturated heterocycles. The standard InChI is InChI=1S/C17H18N4/c1-11(17(2,3)4)21-16-13(9-19)10-20-15-12(8-18)6-5-7-14(15)16/h5-7,10-11H,1-4H3,(H,20,21). The van der Waals surface area contributed by atoms with Crippen LogP contribution in [0.25, 0.3) is 10.9 Å². The van der Waals surface area contributed by atoms with Crippen molar-refractivity contribution in [2.75, 3.05) is 5.32 Å². The van der Waals surface area contributed by atoms with Crippen LogP contribution in [0.1, 0.15) is 38.8 Å². The third-order valence-electron chi connectivity index (χ3n) is 3.80. The predicted octanol–water partition coefficient (Wildman–Crippen LogP) is 3.82. The zero-order chi connectivity index (χ0) is 15.6. The molecule has 1 aromatic carbocycles. The van der Waals surface area contributed by atoms with Gasteiger partial charge in [-0.15, -0.1) is 0 Å². The molecule has 0 radical (unpaired) electrons. The van der Waals surface area contributed by atoms with Gasteiger partial charge in [-0.2, -0.15) is 10.5 Å². The summed E-state index contributed by atoms with van der Waals surface area (Å²) in [6.45, 7) is 8.50. The van der Waals surface area contributed by atoms with Crippen LogP contribution in [0.3, 0.4) is 0 Å². The molecule has 2 aromatic rings. The van der Waals surface area contributed by atoms with Gasteiger partial charge in [0.05, 0.1) is 22.3 Å². The van der Waals surface area contributed by atoms with Gasteiger partial charge >= 0.3 is 0 Å². The second-order valence-corrected chi connectivity index (χ2v) is 6.20. The van der Waals surface area contributed by atoms with E-state index < -0.39 is 0 Å². The first-order valence-corrected chi connectivity index (χ1v) is 6.87. The normalized spacial score (nSPS) is 12.5. The molecule has 0 bridgehead atoms. The summed E-state index contributed by atoms with van der Waals surface area (Å²) >= 11 is 0. The number of aromatic nitrogens is 1. The number of hydrogen-bond donors (Lipinski definition) is 1. The van der Waals surface area contributed by atoms with Gasteiger partial charge in [-0.05, 0) is 18.4 Å². The lowest BCUT2D eigenvalue weighted by atomic mass is 9.87. The van der Waals surface area contributed by atoms with Crippen LogP contribution in [0.15, 0.2) is 24.4 Å². The molecule has 0 fully saturated rings. The molecule has 2 rings (SSSR count). The van der Waals surface area contributed by atoms with Crippen LogP contribution in [-0.2, 0) is 0 Å². The molecule has 0 aliphatic heterocycles. The largest absolute Gasteiger partial charge is 0.380 e. The van der Waals surface area contributed by atoms with E-state index in [-0.39, 0.29) is 11.5 Å². The fourth-order valence-electron chi connectivity index (χ4n) is 1.99. The number of nitriles is 2. The lowest BCUT2D eigenvalue weighted by molar-refractivity contribution is 0.359. The second kappa shape index (κ2) is 5.42. The average molecular weight is 278 g/mol. The summed E-state index contributed by atoms with van der Waals surface area (Å²) in [5, 5.41) is 22.7. The van der Waals surface area contributed by atoms with E-state index in [4.69, 9.17) is 0 Å². The molecule has 21 heavy (non-hydrogen) atoms. The molecule has 0 saturated carbocycles. The number of nitrogens with one attached hydrogen (secondary N) is 1. The number of rotatable bonds is 2. The zero-order valence-corrected chi connectivity index (χ0v) is 12.7. The van der Waals surface area contributed by atoms with Crippen molar-refractivity contribution in [1.82, 2.24) is 4.98 Å². The lowest BCUT2D eigenvalue weighted by Crippen LogP contribution is -2.31. The van der Waals surface area contributed by atoms with Crippen LogP contribution in [0, 0.1) is 28.1 Å². The smallest absolute Gasteiger partial charge is 0.103 e. The maximum atomic E-state index is 9.33. The zero-order valence-electron chi connectivity index (χ0n) is 12.7. The molecule has 1 atom stereocenters. The van der Waals surface area contributed by atoms with Gasteiger partial charge in [0.25, 0.3) is 0 Å². The van der Waals surface area contributed by atoms with Crippen molar-refractivity contribution >= 4 is 16.6 Å². The molecule has 4 nitrogen and oxygen atoms in total. The Bertz CT molecular complexity index is 757. The monoisotopic (exact) mass is 278 g/mol. The summed E-state index contributed by atoms with van der Waals surface area (Å²) in [4.78, 5) is 4.27. The Morgan fingerprint density at radius 3 is 2.38 bits per heavy atom. The van der Waals surface area contributed by atoms with Gasteiger partial charge < -0.3 is 5.32 Å². The van der Waals surface area contributed by atoms with E-state index >= 15 is 0 Å². The molecule has 4 heteroatoms. The topological polar surface area (TPSA) is 72.5 Å². The summed E-state index contributed by atoms with van der Waals surface area (Å²) in [6, 6.07) is 9.93. The molecular weight excluding hydrogens is 260 g/mol. The van der Waals surface area contributed by atoms with E-state index in [2.05, 4.69) is 50.1 Å². The Kier molecular flexibility index (Phi) is 3.82. The fraction of sp³-hybridized carbons (Fsp3) is 0.353. The first-order valence-electron chi connectivity index (χ1n) is 6.87. The van der Waals surface area contributed by atoms with Crippen molar-refractivity contribution in [3.63, 3.8) is 0 Å². The minimum Gasteiger partial charge on any atom is -0.380 e. The van der Waals surface area contributed by atoms with Crippen molar-refractivity contribution in [2.24, 2.45) is 5.41 Å². The second-order valence-electron chi connectivity index (χ2n) is 6.20. The number of nitrogens with zero attached hydrogens (tertiary/aromatic N) is 3. The quantitative estimate of drug-likeness (QED) is 0.906. The summed E-state index contributed by atoms with van der Waals surface area (Å²) in [6.07, 6.45) is 1.53. The Labute approximate surface area is 125 Å². The van der Waals surface area contributed by atoms with E-state index in [1.807, 2.05) is 12.1 Å². The van der Waals surface area contributed by atoms with Crippen molar-refractivity contribution in [3.8, 4) is 12.1 Å². The highest BCUT2D eigenvalue weighted by atomic mass is 14.9. The molecular formula is C17H18N4. The Morgan fingerprint density at radius 2 is 1.81 bits per heavy atom. The number of benzene rings is 1. The van der Waals surface area contributed by atoms with E-state index in [1.54, 1.807) is 6.07 Å². The summed E-state index contributed by atoms with van der Waals surface area (Å²) in [5.41, 5.74) is 2.44. The van der Waals surface area contributed by atoms with Crippen LogP contribution in [0.5, 0.6) is 0 Å². The Morgan fingerprint density at radius 1 is 1.14 bits per heavy atom. The maximum absolute atomic E-state index is 9.33. The van der Waals surface area contributed by atoms with Gasteiger partial charge in [0, 0.05) is 17.6 Å². The van der Waals surface area contributed by atoms with Gasteiger partial charge in [-0.1, -0.05) is 32.9 Å². The van der Waals surface area contributed by atoms with Crippen LogP contribution >= 0.6 is 0 Å². The van der Waals surface area contributed by atoms with Crippen LogP contribution < -0.4 is 5.32 Å². The van der Waals surface area contributed by atoms with E-state index in [1.165, 1.54) is 6.20 Å². The van der Waals surface area contributed by atoms with Gasteiger partial charge in [0.2, 0.25) is 0 Å². The van der Waals surface area contributed by atoms with Crippen molar-refractivity contribution in [3.05, 3.63) is 35.5 Å². The van der Waals surface area contributed by atoms with Crippen LogP contribution in [0.4, 0.5) is 5.69 Å². The lowest BCUT2D eigenvalue weighted by Gasteiger charge is -2.29. The van der Waals surface area contributed by atoms with Crippen LogP contribution in [0.2, 0.25) is 0 Å². The third kappa shape index (κ3) is 2.80. The molecule has 1 unspecified atom stereocenters. The Hall–Kier alpha value is -2.59. The molecule has 0 spiro atoms. The molecule has 1 heterocycles. The highest BCUT2D eigenvalue weighted by Gasteiger charge is 2.22. The van der Waals surface area contributed by atoms with Crippen molar-refractivity contribution < 1.29 is 0 Å². The fourth-order valence-corrected chi connectivity index (χ4v) is 1.99. The Balaban J connectivity index is 2.66. The average Bonchev–Trinajstić information content (AvgIpc) is 2.45. The van der Waals surface area contributed by atoms with E-state index in [0.717, 1.165) is 11.1 Å². The number of para-hydroxylation sites is 1. The minimum atomic E-state index is 0.0508. The third-order valence-corrected chi connectivity index (χ3v) is 3.80. The highest BCUT2D eigenvalue weighted by Crippen LogP contribution is 2.31. The number of hydrogen-bond acceptors (Lipinski definition) is 4. The highest BCUT2D eigenvalue weighted by molar-refractivity contribution is 5.96.